The SMILES string of the molecule is CCOC(=O)C1=C(C(F)(F)F)N=c2s/c(=C\c3ccc(OCC#N)c(OC)c3)c(=O)n2[C@H]1c1c(OC)ccc2ccccc12. The molecule has 0 fully saturated rings. The Kier molecular flexibility index (Phi) is 8.46. The van der Waals surface area contributed by atoms with Crippen molar-refractivity contribution in [1.29, 1.82) is 5.26 Å². The summed E-state index contributed by atoms with van der Waals surface area (Å²) in [5.41, 5.74) is -2.31. The van der Waals surface area contributed by atoms with E-state index in [0.29, 0.717) is 22.1 Å². The molecule has 0 amide bonds. The van der Waals surface area contributed by atoms with Crippen LogP contribution in [0.5, 0.6) is 17.2 Å². The first-order valence-electron chi connectivity index (χ1n) is 13.2. The third kappa shape index (κ3) is 5.51. The Balaban J connectivity index is 1.84. The van der Waals surface area contributed by atoms with Crippen LogP contribution in [0.2, 0.25) is 0 Å². The van der Waals surface area contributed by atoms with E-state index in [1.54, 1.807) is 54.6 Å². The van der Waals surface area contributed by atoms with E-state index in [1.165, 1.54) is 27.2 Å². The summed E-state index contributed by atoms with van der Waals surface area (Å²) in [5.74, 6) is -0.504. The summed E-state index contributed by atoms with van der Waals surface area (Å²) in [7, 11) is 2.76. The highest BCUT2D eigenvalue weighted by atomic mass is 32.1. The minimum atomic E-state index is -5.06. The highest BCUT2D eigenvalue weighted by molar-refractivity contribution is 7.07. The van der Waals surface area contributed by atoms with Crippen molar-refractivity contribution in [1.82, 2.24) is 4.57 Å². The number of halogens is 3. The largest absolute Gasteiger partial charge is 0.496 e. The fourth-order valence-corrected chi connectivity index (χ4v) is 6.00. The lowest BCUT2D eigenvalue weighted by atomic mass is 9.90. The highest BCUT2D eigenvalue weighted by Gasteiger charge is 2.46. The number of allylic oxidation sites excluding steroid dienone is 1. The monoisotopic (exact) mass is 623 g/mol. The van der Waals surface area contributed by atoms with E-state index < -0.39 is 35.0 Å². The molecule has 5 rings (SSSR count). The van der Waals surface area contributed by atoms with Gasteiger partial charge in [-0.25, -0.2) is 9.79 Å². The lowest BCUT2D eigenvalue weighted by molar-refractivity contribution is -0.140. The number of carbonyl (C=O) groups is 1. The third-order valence-corrected chi connectivity index (χ3v) is 7.78. The molecule has 226 valence electrons. The Morgan fingerprint density at radius 2 is 1.82 bits per heavy atom. The molecule has 0 saturated carbocycles. The molecule has 3 aromatic carbocycles. The zero-order valence-electron chi connectivity index (χ0n) is 23.6. The Morgan fingerprint density at radius 1 is 1.09 bits per heavy atom. The van der Waals surface area contributed by atoms with Crippen molar-refractivity contribution in [2.24, 2.45) is 4.99 Å². The molecule has 0 spiro atoms. The molecule has 0 N–H and O–H groups in total. The summed E-state index contributed by atoms with van der Waals surface area (Å²) in [5, 5.41) is 9.96. The molecule has 1 aromatic heterocycles. The number of alkyl halides is 3. The van der Waals surface area contributed by atoms with E-state index in [-0.39, 0.29) is 39.6 Å². The number of methoxy groups -OCH3 is 2. The van der Waals surface area contributed by atoms with E-state index in [9.17, 15) is 22.8 Å². The molecule has 0 saturated heterocycles. The first-order valence-corrected chi connectivity index (χ1v) is 14.0. The first kappa shape index (κ1) is 30.4. The smallest absolute Gasteiger partial charge is 0.434 e. The second-order valence-electron chi connectivity index (χ2n) is 9.32. The average Bonchev–Trinajstić information content (AvgIpc) is 3.32. The number of nitriles is 1. The number of aromatic nitrogens is 1. The van der Waals surface area contributed by atoms with E-state index in [1.807, 2.05) is 6.07 Å². The molecule has 1 atom stereocenters. The third-order valence-electron chi connectivity index (χ3n) is 6.80. The number of nitrogens with zero attached hydrogens (tertiary/aromatic N) is 3. The van der Waals surface area contributed by atoms with Gasteiger partial charge in [-0.15, -0.1) is 0 Å². The van der Waals surface area contributed by atoms with Gasteiger partial charge >= 0.3 is 12.1 Å². The molecule has 0 bridgehead atoms. The second-order valence-corrected chi connectivity index (χ2v) is 10.3. The molecule has 0 unspecified atom stereocenters. The van der Waals surface area contributed by atoms with Gasteiger partial charge in [-0.2, -0.15) is 18.4 Å². The maximum absolute atomic E-state index is 14.6. The van der Waals surface area contributed by atoms with Crippen LogP contribution in [0.4, 0.5) is 13.2 Å². The molecule has 4 aromatic rings. The van der Waals surface area contributed by atoms with Gasteiger partial charge in [0.15, 0.2) is 28.6 Å². The van der Waals surface area contributed by atoms with Crippen LogP contribution in [0, 0.1) is 11.3 Å². The Bertz CT molecular complexity index is 2020. The van der Waals surface area contributed by atoms with E-state index in [2.05, 4.69) is 4.99 Å². The van der Waals surface area contributed by atoms with Crippen molar-refractivity contribution in [3.63, 3.8) is 0 Å². The van der Waals surface area contributed by atoms with E-state index in [4.69, 9.17) is 24.2 Å². The molecule has 2 heterocycles. The van der Waals surface area contributed by atoms with Crippen LogP contribution in [0.3, 0.4) is 0 Å². The van der Waals surface area contributed by atoms with Crippen molar-refractivity contribution < 1.29 is 36.9 Å². The summed E-state index contributed by atoms with van der Waals surface area (Å²) >= 11 is 0.739. The lowest BCUT2D eigenvalue weighted by Gasteiger charge is -2.28. The summed E-state index contributed by atoms with van der Waals surface area (Å²) in [6, 6.07) is 15.2. The minimum Gasteiger partial charge on any atom is -0.496 e. The summed E-state index contributed by atoms with van der Waals surface area (Å²) in [4.78, 5) is 31.0. The van der Waals surface area contributed by atoms with Crippen LogP contribution in [-0.2, 0) is 9.53 Å². The number of fused-ring (bicyclic) bond motifs is 2. The maximum Gasteiger partial charge on any atom is 0.434 e. The standard InChI is InChI=1S/C31H24F3N3O6S/c1-4-42-29(39)25-26(24-19-8-6-5-7-18(19)10-12-21(24)40-2)37-28(38)23(44-30(37)36-27(25)31(32,33)34)16-17-9-11-20(43-14-13-35)22(15-17)41-3/h5-12,15-16,26H,4,14H2,1-3H3/b23-16-/t26-/m0/s1. The second kappa shape index (κ2) is 12.3. The number of ether oxygens (including phenoxy) is 4. The van der Waals surface area contributed by atoms with Gasteiger partial charge in [0.25, 0.3) is 5.56 Å². The predicted octanol–water partition coefficient (Wildman–Crippen LogP) is 4.41. The fraction of sp³-hybridized carbons (Fsp3) is 0.226. The van der Waals surface area contributed by atoms with Crippen molar-refractivity contribution in [2.75, 3.05) is 27.4 Å². The molecular formula is C31H24F3N3O6S. The zero-order valence-corrected chi connectivity index (χ0v) is 24.4. The minimum absolute atomic E-state index is 0.0485. The lowest BCUT2D eigenvalue weighted by Crippen LogP contribution is -2.41. The number of hydrogen-bond acceptors (Lipinski definition) is 9. The zero-order chi connectivity index (χ0) is 31.6. The Hall–Kier alpha value is -5.09. The average molecular weight is 624 g/mol. The molecule has 1 aliphatic rings. The summed E-state index contributed by atoms with van der Waals surface area (Å²) in [6.07, 6.45) is -3.58. The summed E-state index contributed by atoms with van der Waals surface area (Å²) < 4.78 is 66.3. The maximum atomic E-state index is 14.6. The quantitative estimate of drug-likeness (QED) is 0.267. The Labute approximate surface area is 252 Å². The van der Waals surface area contributed by atoms with Crippen molar-refractivity contribution >= 4 is 34.2 Å². The molecule has 13 heteroatoms. The number of thiazole rings is 1. The molecule has 44 heavy (non-hydrogen) atoms. The topological polar surface area (TPSA) is 112 Å². The van der Waals surface area contributed by atoms with Gasteiger partial charge in [-0.1, -0.05) is 47.7 Å². The van der Waals surface area contributed by atoms with E-state index >= 15 is 0 Å². The van der Waals surface area contributed by atoms with Gasteiger partial charge in [0.05, 0.1) is 30.9 Å². The van der Waals surface area contributed by atoms with Crippen LogP contribution in [0.25, 0.3) is 16.8 Å². The molecular weight excluding hydrogens is 599 g/mol. The van der Waals surface area contributed by atoms with Gasteiger partial charge in [-0.05, 0) is 47.5 Å². The predicted molar refractivity (Wildman–Crippen MR) is 155 cm³/mol. The van der Waals surface area contributed by atoms with Gasteiger partial charge in [0, 0.05) is 5.56 Å². The first-order chi connectivity index (χ1) is 21.1. The number of rotatable bonds is 8. The summed E-state index contributed by atoms with van der Waals surface area (Å²) in [6.45, 7) is 1.06. The number of esters is 1. The highest BCUT2D eigenvalue weighted by Crippen LogP contribution is 2.43. The molecule has 9 nitrogen and oxygen atoms in total. The van der Waals surface area contributed by atoms with Crippen LogP contribution >= 0.6 is 11.3 Å². The van der Waals surface area contributed by atoms with Crippen molar-refractivity contribution in [2.45, 2.75) is 19.1 Å². The van der Waals surface area contributed by atoms with Gasteiger partial charge in [-0.3, -0.25) is 9.36 Å². The molecule has 0 aliphatic carbocycles. The fourth-order valence-electron chi connectivity index (χ4n) is 5.00. The number of benzene rings is 3. The normalized spacial score (nSPS) is 14.9. The van der Waals surface area contributed by atoms with Gasteiger partial charge < -0.3 is 18.9 Å². The molecule has 1 aliphatic heterocycles. The van der Waals surface area contributed by atoms with Crippen molar-refractivity contribution in [3.05, 3.63) is 96.7 Å². The van der Waals surface area contributed by atoms with Crippen LogP contribution in [0.1, 0.15) is 24.1 Å². The van der Waals surface area contributed by atoms with Crippen LogP contribution in [-0.4, -0.2) is 44.1 Å². The number of carbonyl (C=O) groups excluding carboxylic acids is 1. The number of hydrogen-bond donors (Lipinski definition) is 0. The van der Waals surface area contributed by atoms with Crippen LogP contribution < -0.4 is 29.1 Å². The van der Waals surface area contributed by atoms with Gasteiger partial charge in [0.1, 0.15) is 17.9 Å². The Morgan fingerprint density at radius 3 is 2.50 bits per heavy atom. The molecule has 0 radical (unpaired) electrons. The van der Waals surface area contributed by atoms with E-state index in [0.717, 1.165) is 15.9 Å². The van der Waals surface area contributed by atoms with Gasteiger partial charge in [0.2, 0.25) is 0 Å². The van der Waals surface area contributed by atoms with Crippen molar-refractivity contribution in [3.8, 4) is 23.3 Å². The van der Waals surface area contributed by atoms with Crippen LogP contribution in [0.15, 0.2) is 75.7 Å².